The molecule has 2 N–H and O–H groups in total. The summed E-state index contributed by atoms with van der Waals surface area (Å²) in [6, 6.07) is 4.46. The molecule has 0 aromatic heterocycles. The third-order valence-corrected chi connectivity index (χ3v) is 7.67. The third-order valence-electron chi connectivity index (χ3n) is 4.20. The smallest absolute Gasteiger partial charge is 0.243 e. The molecule has 0 spiro atoms. The molecule has 0 bridgehead atoms. The van der Waals surface area contributed by atoms with E-state index >= 15 is 0 Å². The van der Waals surface area contributed by atoms with Crippen LogP contribution in [0.3, 0.4) is 0 Å². The maximum absolute atomic E-state index is 12.7. The fourth-order valence-corrected chi connectivity index (χ4v) is 5.23. The largest absolute Gasteiger partial charge is 0.317 e. The van der Waals surface area contributed by atoms with Gasteiger partial charge < -0.3 is 5.32 Å². The van der Waals surface area contributed by atoms with Crippen LogP contribution in [0, 0.1) is 6.92 Å². The molecule has 0 atom stereocenters. The Kier molecular flexibility index (Phi) is 5.47. The fraction of sp³-hybridized carbons (Fsp3) is 0.571. The van der Waals surface area contributed by atoms with Crippen LogP contribution in [-0.4, -0.2) is 54.4 Å². The van der Waals surface area contributed by atoms with Crippen molar-refractivity contribution in [1.82, 2.24) is 14.3 Å². The first-order valence-electron chi connectivity index (χ1n) is 7.44. The van der Waals surface area contributed by atoms with Crippen LogP contribution in [-0.2, 0) is 20.0 Å². The second-order valence-electron chi connectivity index (χ2n) is 5.60. The highest BCUT2D eigenvalue weighted by Crippen LogP contribution is 2.24. The number of piperidine rings is 1. The van der Waals surface area contributed by atoms with Crippen LogP contribution in [0.4, 0.5) is 0 Å². The first-order valence-corrected chi connectivity index (χ1v) is 10.4. The molecule has 130 valence electrons. The average Bonchev–Trinajstić information content (AvgIpc) is 2.54. The van der Waals surface area contributed by atoms with Crippen molar-refractivity contribution in [1.29, 1.82) is 0 Å². The molecule has 0 saturated carbocycles. The molecule has 7 nitrogen and oxygen atoms in total. The van der Waals surface area contributed by atoms with Crippen molar-refractivity contribution in [2.45, 2.75) is 35.6 Å². The first kappa shape index (κ1) is 18.3. The third kappa shape index (κ3) is 3.74. The molecule has 2 rings (SSSR count). The summed E-state index contributed by atoms with van der Waals surface area (Å²) in [4.78, 5) is 0.223. The quantitative estimate of drug-likeness (QED) is 0.785. The SMILES string of the molecule is CNC1CCN(S(=O)(=O)c2ccc(S(=O)(=O)NC)c(C)c2)CC1. The van der Waals surface area contributed by atoms with Crippen LogP contribution in [0.5, 0.6) is 0 Å². The lowest BCUT2D eigenvalue weighted by molar-refractivity contribution is 0.298. The summed E-state index contributed by atoms with van der Waals surface area (Å²) in [7, 11) is -3.99. The zero-order valence-corrected chi connectivity index (χ0v) is 15.2. The molecule has 1 aliphatic heterocycles. The van der Waals surface area contributed by atoms with Crippen molar-refractivity contribution in [3.63, 3.8) is 0 Å². The molecule has 1 aromatic rings. The van der Waals surface area contributed by atoms with Crippen LogP contribution in [0.15, 0.2) is 28.0 Å². The number of benzene rings is 1. The van der Waals surface area contributed by atoms with Gasteiger partial charge in [-0.05, 0) is 57.6 Å². The van der Waals surface area contributed by atoms with Crippen LogP contribution in [0.2, 0.25) is 0 Å². The van der Waals surface area contributed by atoms with Crippen LogP contribution in [0.1, 0.15) is 18.4 Å². The summed E-state index contributed by atoms with van der Waals surface area (Å²) < 4.78 is 52.9. The predicted octanol–water partition coefficient (Wildman–Crippen LogP) is 0.276. The molecule has 0 amide bonds. The standard InChI is InChI=1S/C14H23N3O4S2/c1-11-10-13(4-5-14(11)22(18,19)16-3)23(20,21)17-8-6-12(15-2)7-9-17/h4-5,10,12,15-16H,6-9H2,1-3H3. The molecular weight excluding hydrogens is 338 g/mol. The molecule has 1 saturated heterocycles. The molecule has 1 heterocycles. The minimum atomic E-state index is -3.59. The highest BCUT2D eigenvalue weighted by molar-refractivity contribution is 7.89. The Hall–Kier alpha value is -1.00. The molecule has 1 aliphatic rings. The van der Waals surface area contributed by atoms with Crippen molar-refractivity contribution < 1.29 is 16.8 Å². The molecule has 0 radical (unpaired) electrons. The number of nitrogens with one attached hydrogen (secondary N) is 2. The molecule has 1 fully saturated rings. The minimum absolute atomic E-state index is 0.0906. The Labute approximate surface area is 138 Å². The molecule has 0 aliphatic carbocycles. The average molecular weight is 361 g/mol. The van der Waals surface area contributed by atoms with Crippen LogP contribution in [0.25, 0.3) is 0 Å². The highest BCUT2D eigenvalue weighted by atomic mass is 32.2. The predicted molar refractivity (Wildman–Crippen MR) is 88.3 cm³/mol. The number of hydrogen-bond donors (Lipinski definition) is 2. The zero-order valence-electron chi connectivity index (χ0n) is 13.5. The second-order valence-corrected chi connectivity index (χ2v) is 9.39. The molecular formula is C14H23N3O4S2. The fourth-order valence-electron chi connectivity index (χ4n) is 2.73. The van der Waals surface area contributed by atoms with E-state index in [2.05, 4.69) is 10.0 Å². The highest BCUT2D eigenvalue weighted by Gasteiger charge is 2.29. The molecule has 9 heteroatoms. The van der Waals surface area contributed by atoms with Gasteiger partial charge in [-0.25, -0.2) is 21.6 Å². The molecule has 1 aromatic carbocycles. The summed E-state index contributed by atoms with van der Waals surface area (Å²) >= 11 is 0. The topological polar surface area (TPSA) is 95.6 Å². The maximum atomic E-state index is 12.7. The Balaban J connectivity index is 2.30. The zero-order chi connectivity index (χ0) is 17.3. The number of aryl methyl sites for hydroxylation is 1. The number of hydrogen-bond acceptors (Lipinski definition) is 5. The van der Waals surface area contributed by atoms with Gasteiger partial charge in [0.25, 0.3) is 0 Å². The summed E-state index contributed by atoms with van der Waals surface area (Å²) in [6.45, 7) is 2.52. The van der Waals surface area contributed by atoms with Gasteiger partial charge in [0.15, 0.2) is 0 Å². The van der Waals surface area contributed by atoms with Crippen molar-refractivity contribution in [3.8, 4) is 0 Å². The van der Waals surface area contributed by atoms with Gasteiger partial charge in [-0.1, -0.05) is 0 Å². The van der Waals surface area contributed by atoms with Gasteiger partial charge in [0.05, 0.1) is 9.79 Å². The summed E-state index contributed by atoms with van der Waals surface area (Å²) in [5, 5.41) is 3.16. The van der Waals surface area contributed by atoms with Gasteiger partial charge in [0.2, 0.25) is 20.0 Å². The maximum Gasteiger partial charge on any atom is 0.243 e. The van der Waals surface area contributed by atoms with E-state index in [1.54, 1.807) is 6.92 Å². The molecule has 23 heavy (non-hydrogen) atoms. The Bertz CT molecular complexity index is 767. The van der Waals surface area contributed by atoms with Crippen molar-refractivity contribution >= 4 is 20.0 Å². The lowest BCUT2D eigenvalue weighted by atomic mass is 10.1. The van der Waals surface area contributed by atoms with E-state index in [0.29, 0.717) is 24.7 Å². The number of sulfonamides is 2. The van der Waals surface area contributed by atoms with Gasteiger partial charge >= 0.3 is 0 Å². The Morgan fingerprint density at radius 1 is 1.09 bits per heavy atom. The van der Waals surface area contributed by atoms with Gasteiger partial charge in [-0.3, -0.25) is 0 Å². The second kappa shape index (κ2) is 6.86. The van der Waals surface area contributed by atoms with E-state index in [-0.39, 0.29) is 9.79 Å². The van der Waals surface area contributed by atoms with E-state index in [1.807, 2.05) is 7.05 Å². The van der Waals surface area contributed by atoms with Gasteiger partial charge in [-0.15, -0.1) is 0 Å². The Morgan fingerprint density at radius 2 is 1.70 bits per heavy atom. The van der Waals surface area contributed by atoms with Crippen molar-refractivity contribution in [3.05, 3.63) is 23.8 Å². The summed E-state index contributed by atoms with van der Waals surface area (Å²) in [6.07, 6.45) is 1.53. The van der Waals surface area contributed by atoms with E-state index in [1.165, 1.54) is 29.6 Å². The van der Waals surface area contributed by atoms with E-state index < -0.39 is 20.0 Å². The minimum Gasteiger partial charge on any atom is -0.317 e. The number of nitrogens with zero attached hydrogens (tertiary/aromatic N) is 1. The van der Waals surface area contributed by atoms with E-state index in [9.17, 15) is 16.8 Å². The van der Waals surface area contributed by atoms with E-state index in [0.717, 1.165) is 12.8 Å². The lowest BCUT2D eigenvalue weighted by Crippen LogP contribution is -2.43. The summed E-state index contributed by atoms with van der Waals surface area (Å²) in [5.41, 5.74) is 0.408. The van der Waals surface area contributed by atoms with Gasteiger partial charge in [0.1, 0.15) is 0 Å². The van der Waals surface area contributed by atoms with Crippen LogP contribution < -0.4 is 10.0 Å². The van der Waals surface area contributed by atoms with Crippen molar-refractivity contribution in [2.24, 2.45) is 0 Å². The monoisotopic (exact) mass is 361 g/mol. The van der Waals surface area contributed by atoms with E-state index in [4.69, 9.17) is 0 Å². The van der Waals surface area contributed by atoms with Gasteiger partial charge in [0, 0.05) is 19.1 Å². The lowest BCUT2D eigenvalue weighted by Gasteiger charge is -2.31. The number of rotatable bonds is 5. The van der Waals surface area contributed by atoms with Crippen LogP contribution >= 0.6 is 0 Å². The van der Waals surface area contributed by atoms with Gasteiger partial charge in [-0.2, -0.15) is 4.31 Å². The first-order chi connectivity index (χ1) is 10.7. The summed E-state index contributed by atoms with van der Waals surface area (Å²) in [5.74, 6) is 0. The normalized spacial score (nSPS) is 18.2. The Morgan fingerprint density at radius 3 is 2.17 bits per heavy atom. The van der Waals surface area contributed by atoms with Crippen molar-refractivity contribution in [2.75, 3.05) is 27.2 Å². The molecule has 0 unspecified atom stereocenters.